The quantitative estimate of drug-likeness (QED) is 0.0348. The average Bonchev–Trinajstić information content (AvgIpc) is 3.22. The molecule has 0 fully saturated rings. The summed E-state index contributed by atoms with van der Waals surface area (Å²) in [6.07, 6.45) is 59.7. The van der Waals surface area contributed by atoms with E-state index in [0.29, 0.717) is 19.4 Å². The number of carbonyl (C=O) groups excluding carboxylic acids is 2. The Kier molecular flexibility index (Phi) is 47.4. The Hall–Kier alpha value is -2.14. The maximum Gasteiger partial charge on any atom is 0.306 e. The molecule has 5 nitrogen and oxygen atoms in total. The van der Waals surface area contributed by atoms with Gasteiger partial charge in [-0.05, 0) is 57.8 Å². The van der Waals surface area contributed by atoms with E-state index in [2.05, 4.69) is 69.4 Å². The fourth-order valence-electron chi connectivity index (χ4n) is 7.15. The van der Waals surface area contributed by atoms with Gasteiger partial charge in [0.2, 0.25) is 0 Å². The van der Waals surface area contributed by atoms with Gasteiger partial charge in [-0.1, -0.05) is 230 Å². The second kappa shape index (κ2) is 49.2. The standard InChI is InChI=1S/C53H96O5/c1-4-7-10-13-16-19-22-25-27-29-31-34-37-40-43-46-52(54)57-50-51(49-56-48-45-42-39-36-33-30-26-23-20-17-14-11-8-5-2)58-53(55)47-44-41-38-35-32-28-24-21-18-15-12-9-6-3/h7,10,16,19,25,27,31,34,51H,4-6,8-9,11-15,17-18,20-24,26,28-30,32-33,35-50H2,1-3H3/b10-7-,19-16-,27-25-,34-31-. The number of esters is 2. The monoisotopic (exact) mass is 813 g/mol. The lowest BCUT2D eigenvalue weighted by Crippen LogP contribution is -2.30. The Morgan fingerprint density at radius 3 is 1.24 bits per heavy atom. The van der Waals surface area contributed by atoms with E-state index >= 15 is 0 Å². The molecular formula is C53H96O5. The summed E-state index contributed by atoms with van der Waals surface area (Å²) in [5, 5.41) is 0. The molecule has 0 spiro atoms. The Morgan fingerprint density at radius 2 is 0.776 bits per heavy atom. The number of allylic oxidation sites excluding steroid dienone is 8. The van der Waals surface area contributed by atoms with Gasteiger partial charge in [0.1, 0.15) is 6.61 Å². The number of hydrogen-bond acceptors (Lipinski definition) is 5. The van der Waals surface area contributed by atoms with Gasteiger partial charge in [-0.15, -0.1) is 0 Å². The zero-order valence-corrected chi connectivity index (χ0v) is 38.8. The molecule has 1 atom stereocenters. The van der Waals surface area contributed by atoms with Crippen molar-refractivity contribution < 1.29 is 23.8 Å². The number of unbranched alkanes of at least 4 members (excludes halogenated alkanes) is 27. The lowest BCUT2D eigenvalue weighted by Gasteiger charge is -2.18. The van der Waals surface area contributed by atoms with Crippen molar-refractivity contribution in [2.24, 2.45) is 0 Å². The fraction of sp³-hybridized carbons (Fsp3) is 0.811. The van der Waals surface area contributed by atoms with Crippen LogP contribution < -0.4 is 0 Å². The first-order chi connectivity index (χ1) is 28.6. The van der Waals surface area contributed by atoms with Crippen LogP contribution >= 0.6 is 0 Å². The topological polar surface area (TPSA) is 61.8 Å². The van der Waals surface area contributed by atoms with Crippen molar-refractivity contribution in [1.82, 2.24) is 0 Å². The van der Waals surface area contributed by atoms with Crippen LogP contribution in [0.5, 0.6) is 0 Å². The lowest BCUT2D eigenvalue weighted by molar-refractivity contribution is -0.163. The molecule has 0 amide bonds. The molecule has 5 heteroatoms. The number of rotatable bonds is 46. The van der Waals surface area contributed by atoms with Crippen LogP contribution in [0.2, 0.25) is 0 Å². The Bertz CT molecular complexity index is 966. The van der Waals surface area contributed by atoms with Gasteiger partial charge in [0.15, 0.2) is 6.10 Å². The Labute approximate surface area is 361 Å². The van der Waals surface area contributed by atoms with E-state index in [1.165, 1.54) is 148 Å². The van der Waals surface area contributed by atoms with Crippen LogP contribution in [-0.4, -0.2) is 37.9 Å². The van der Waals surface area contributed by atoms with Crippen LogP contribution in [0.3, 0.4) is 0 Å². The SMILES string of the molecule is CC/C=C\C/C=C\C/C=C\C/C=C\CCCCC(=O)OCC(COCCCCCCCCCCCCCCCC)OC(=O)CCCCCCCCCCCCCCC. The second-order valence-corrected chi connectivity index (χ2v) is 16.7. The molecule has 1 unspecified atom stereocenters. The highest BCUT2D eigenvalue weighted by Gasteiger charge is 2.17. The third-order valence-electron chi connectivity index (χ3n) is 10.9. The fourth-order valence-corrected chi connectivity index (χ4v) is 7.15. The van der Waals surface area contributed by atoms with Gasteiger partial charge in [0.25, 0.3) is 0 Å². The molecule has 0 bridgehead atoms. The highest BCUT2D eigenvalue weighted by molar-refractivity contribution is 5.70. The summed E-state index contributed by atoms with van der Waals surface area (Å²) in [6.45, 7) is 7.70. The number of carbonyl (C=O) groups is 2. The highest BCUT2D eigenvalue weighted by Crippen LogP contribution is 2.15. The summed E-state index contributed by atoms with van der Waals surface area (Å²) in [4.78, 5) is 25.3. The minimum atomic E-state index is -0.547. The molecule has 0 heterocycles. The molecule has 58 heavy (non-hydrogen) atoms. The third-order valence-corrected chi connectivity index (χ3v) is 10.9. The van der Waals surface area contributed by atoms with Crippen molar-refractivity contribution in [3.63, 3.8) is 0 Å². The summed E-state index contributed by atoms with van der Waals surface area (Å²) in [6, 6.07) is 0. The van der Waals surface area contributed by atoms with Crippen molar-refractivity contribution in [1.29, 1.82) is 0 Å². The summed E-state index contributed by atoms with van der Waals surface area (Å²) in [5.41, 5.74) is 0. The largest absolute Gasteiger partial charge is 0.462 e. The minimum Gasteiger partial charge on any atom is -0.462 e. The molecule has 338 valence electrons. The maximum absolute atomic E-state index is 12.8. The van der Waals surface area contributed by atoms with Crippen molar-refractivity contribution in [2.75, 3.05) is 19.8 Å². The van der Waals surface area contributed by atoms with Crippen LogP contribution in [0.15, 0.2) is 48.6 Å². The average molecular weight is 813 g/mol. The molecule has 0 aliphatic carbocycles. The molecule has 0 saturated heterocycles. The molecule has 0 aliphatic heterocycles. The van der Waals surface area contributed by atoms with E-state index in [1.54, 1.807) is 0 Å². The Morgan fingerprint density at radius 1 is 0.397 bits per heavy atom. The van der Waals surface area contributed by atoms with E-state index in [4.69, 9.17) is 14.2 Å². The highest BCUT2D eigenvalue weighted by atomic mass is 16.6. The zero-order valence-electron chi connectivity index (χ0n) is 38.8. The first kappa shape index (κ1) is 55.9. The molecule has 0 aliphatic rings. The minimum absolute atomic E-state index is 0.0682. The van der Waals surface area contributed by atoms with E-state index < -0.39 is 6.10 Å². The molecule has 0 N–H and O–H groups in total. The van der Waals surface area contributed by atoms with E-state index in [-0.39, 0.29) is 25.2 Å². The molecule has 0 aromatic carbocycles. The van der Waals surface area contributed by atoms with Gasteiger partial charge in [0, 0.05) is 19.4 Å². The van der Waals surface area contributed by atoms with E-state index in [1.807, 2.05) is 0 Å². The number of hydrogen-bond donors (Lipinski definition) is 0. The van der Waals surface area contributed by atoms with Crippen LogP contribution in [0.25, 0.3) is 0 Å². The van der Waals surface area contributed by atoms with E-state index in [0.717, 1.165) is 70.6 Å². The van der Waals surface area contributed by atoms with Crippen molar-refractivity contribution >= 4 is 11.9 Å². The van der Waals surface area contributed by atoms with Crippen LogP contribution in [0, 0.1) is 0 Å². The molecule has 0 rings (SSSR count). The first-order valence-electron chi connectivity index (χ1n) is 25.2. The smallest absolute Gasteiger partial charge is 0.306 e. The predicted octanol–water partition coefficient (Wildman–Crippen LogP) is 16.8. The van der Waals surface area contributed by atoms with Gasteiger partial charge in [-0.2, -0.15) is 0 Å². The van der Waals surface area contributed by atoms with Crippen molar-refractivity contribution in [3.05, 3.63) is 48.6 Å². The molecular weight excluding hydrogens is 717 g/mol. The van der Waals surface area contributed by atoms with Gasteiger partial charge < -0.3 is 14.2 Å². The first-order valence-corrected chi connectivity index (χ1v) is 25.2. The van der Waals surface area contributed by atoms with Crippen LogP contribution in [0.4, 0.5) is 0 Å². The zero-order chi connectivity index (χ0) is 42.1. The predicted molar refractivity (Wildman–Crippen MR) is 251 cm³/mol. The molecule has 0 aromatic heterocycles. The normalized spacial score (nSPS) is 12.5. The Balaban J connectivity index is 4.30. The molecule has 0 aromatic rings. The summed E-state index contributed by atoms with van der Waals surface area (Å²) >= 11 is 0. The van der Waals surface area contributed by atoms with Crippen molar-refractivity contribution in [3.8, 4) is 0 Å². The van der Waals surface area contributed by atoms with Crippen LogP contribution in [0.1, 0.15) is 252 Å². The maximum atomic E-state index is 12.8. The van der Waals surface area contributed by atoms with Gasteiger partial charge in [-0.25, -0.2) is 0 Å². The third kappa shape index (κ3) is 46.5. The van der Waals surface area contributed by atoms with E-state index in [9.17, 15) is 9.59 Å². The van der Waals surface area contributed by atoms with Crippen LogP contribution in [-0.2, 0) is 23.8 Å². The molecule has 0 saturated carbocycles. The lowest BCUT2D eigenvalue weighted by atomic mass is 10.0. The summed E-state index contributed by atoms with van der Waals surface area (Å²) in [7, 11) is 0. The van der Waals surface area contributed by atoms with Crippen molar-refractivity contribution in [2.45, 2.75) is 258 Å². The summed E-state index contributed by atoms with van der Waals surface area (Å²) < 4.78 is 17.4. The summed E-state index contributed by atoms with van der Waals surface area (Å²) in [5.74, 6) is -0.434. The van der Waals surface area contributed by atoms with Gasteiger partial charge >= 0.3 is 11.9 Å². The number of ether oxygens (including phenoxy) is 3. The van der Waals surface area contributed by atoms with Gasteiger partial charge in [-0.3, -0.25) is 9.59 Å². The van der Waals surface area contributed by atoms with Gasteiger partial charge in [0.05, 0.1) is 6.61 Å². The molecule has 0 radical (unpaired) electrons. The second-order valence-electron chi connectivity index (χ2n) is 16.7.